The molecule has 2 nitrogen and oxygen atoms in total. The molecule has 0 aliphatic carbocycles. The predicted molar refractivity (Wildman–Crippen MR) is 76.1 cm³/mol. The van der Waals surface area contributed by atoms with Gasteiger partial charge in [-0.15, -0.1) is 0 Å². The highest BCUT2D eigenvalue weighted by Crippen LogP contribution is 2.32. The molecule has 0 saturated carbocycles. The van der Waals surface area contributed by atoms with Crippen LogP contribution in [-0.4, -0.2) is 5.11 Å². The Labute approximate surface area is 112 Å². The second-order valence-electron chi connectivity index (χ2n) is 5.04. The summed E-state index contributed by atoms with van der Waals surface area (Å²) in [5.41, 5.74) is -0.279. The smallest absolute Gasteiger partial charge is 0.144 e. The average molecular weight is 252 g/mol. The van der Waals surface area contributed by atoms with Crippen LogP contribution in [0.5, 0.6) is 0 Å². The summed E-state index contributed by atoms with van der Waals surface area (Å²) < 4.78 is 5.56. The van der Waals surface area contributed by atoms with E-state index in [0.29, 0.717) is 5.76 Å². The number of aliphatic hydroxyl groups is 1. The van der Waals surface area contributed by atoms with E-state index in [-0.39, 0.29) is 0 Å². The highest BCUT2D eigenvalue weighted by molar-refractivity contribution is 5.83. The van der Waals surface area contributed by atoms with Crippen LogP contribution in [0.1, 0.15) is 24.0 Å². The summed E-state index contributed by atoms with van der Waals surface area (Å²) in [6.45, 7) is 3.63. The summed E-state index contributed by atoms with van der Waals surface area (Å²) in [5, 5.41) is 13.0. The summed E-state index contributed by atoms with van der Waals surface area (Å²) in [6.07, 6.45) is 0. The van der Waals surface area contributed by atoms with Crippen molar-refractivity contribution in [1.29, 1.82) is 0 Å². The predicted octanol–water partition coefficient (Wildman–Crippen LogP) is 4.00. The molecule has 2 aromatic carbocycles. The lowest BCUT2D eigenvalue weighted by Gasteiger charge is -2.21. The van der Waals surface area contributed by atoms with E-state index in [2.05, 4.69) is 6.07 Å². The van der Waals surface area contributed by atoms with Crippen LogP contribution in [0.15, 0.2) is 59.0 Å². The van der Waals surface area contributed by atoms with Crippen molar-refractivity contribution in [2.75, 3.05) is 0 Å². The summed E-state index contributed by atoms with van der Waals surface area (Å²) in [6, 6.07) is 17.8. The van der Waals surface area contributed by atoms with Gasteiger partial charge in [0.05, 0.1) is 0 Å². The maximum atomic E-state index is 10.7. The Morgan fingerprint density at radius 3 is 2.37 bits per heavy atom. The number of furan rings is 1. The molecule has 3 aromatic rings. The average Bonchev–Trinajstić information content (AvgIpc) is 2.85. The van der Waals surface area contributed by atoms with Gasteiger partial charge in [-0.3, -0.25) is 0 Å². The topological polar surface area (TPSA) is 33.4 Å². The molecule has 0 amide bonds. The van der Waals surface area contributed by atoms with Gasteiger partial charge in [0.2, 0.25) is 0 Å². The van der Waals surface area contributed by atoms with Crippen molar-refractivity contribution in [1.82, 2.24) is 0 Å². The molecule has 96 valence electrons. The SMILES string of the molecule is Cc1ccc(C(C)(O)c2ccc3ccccc3c2)o1. The molecule has 1 aromatic heterocycles. The largest absolute Gasteiger partial charge is 0.463 e. The summed E-state index contributed by atoms with van der Waals surface area (Å²) in [4.78, 5) is 0. The summed E-state index contributed by atoms with van der Waals surface area (Å²) >= 11 is 0. The summed E-state index contributed by atoms with van der Waals surface area (Å²) in [5.74, 6) is 1.37. The molecule has 2 heteroatoms. The van der Waals surface area contributed by atoms with E-state index in [9.17, 15) is 5.11 Å². The number of hydrogen-bond acceptors (Lipinski definition) is 2. The maximum absolute atomic E-state index is 10.7. The molecule has 0 aliphatic heterocycles. The number of hydrogen-bond donors (Lipinski definition) is 1. The van der Waals surface area contributed by atoms with Gasteiger partial charge in [0.15, 0.2) is 0 Å². The fourth-order valence-corrected chi connectivity index (χ4v) is 2.33. The molecule has 3 rings (SSSR count). The van der Waals surface area contributed by atoms with E-state index in [1.807, 2.05) is 55.5 Å². The number of aryl methyl sites for hydroxylation is 1. The Balaban J connectivity index is 2.12. The molecule has 1 unspecified atom stereocenters. The molecule has 0 bridgehead atoms. The number of fused-ring (bicyclic) bond motifs is 1. The molecule has 0 spiro atoms. The standard InChI is InChI=1S/C17H16O2/c1-12-7-10-16(19-12)17(2,18)15-9-8-13-5-3-4-6-14(13)11-15/h3-11,18H,1-2H3. The van der Waals surface area contributed by atoms with Crippen molar-refractivity contribution >= 4 is 10.8 Å². The minimum absolute atomic E-state index is 0.570. The monoisotopic (exact) mass is 252 g/mol. The van der Waals surface area contributed by atoms with Crippen LogP contribution >= 0.6 is 0 Å². The highest BCUT2D eigenvalue weighted by Gasteiger charge is 2.29. The Kier molecular flexibility index (Phi) is 2.68. The normalized spacial score (nSPS) is 14.5. The third-order valence-electron chi connectivity index (χ3n) is 3.53. The third kappa shape index (κ3) is 2.04. The van der Waals surface area contributed by atoms with Crippen LogP contribution < -0.4 is 0 Å². The zero-order valence-corrected chi connectivity index (χ0v) is 11.1. The van der Waals surface area contributed by atoms with E-state index in [0.717, 1.165) is 22.1 Å². The van der Waals surface area contributed by atoms with Crippen molar-refractivity contribution in [2.24, 2.45) is 0 Å². The van der Waals surface area contributed by atoms with Crippen LogP contribution in [0, 0.1) is 6.92 Å². The second kappa shape index (κ2) is 4.25. The van der Waals surface area contributed by atoms with Gasteiger partial charge in [-0.25, -0.2) is 0 Å². The minimum Gasteiger partial charge on any atom is -0.463 e. The highest BCUT2D eigenvalue weighted by atomic mass is 16.4. The second-order valence-corrected chi connectivity index (χ2v) is 5.04. The summed E-state index contributed by atoms with van der Waals surface area (Å²) in [7, 11) is 0. The van der Waals surface area contributed by atoms with Crippen LogP contribution in [0.4, 0.5) is 0 Å². The molecule has 1 N–H and O–H groups in total. The van der Waals surface area contributed by atoms with Gasteiger partial charge in [0.25, 0.3) is 0 Å². The number of rotatable bonds is 2. The van der Waals surface area contributed by atoms with E-state index in [1.165, 1.54) is 0 Å². The molecule has 19 heavy (non-hydrogen) atoms. The van der Waals surface area contributed by atoms with Crippen LogP contribution in [0.2, 0.25) is 0 Å². The Hall–Kier alpha value is -2.06. The van der Waals surface area contributed by atoms with Gasteiger partial charge in [0.1, 0.15) is 17.1 Å². The minimum atomic E-state index is -1.11. The van der Waals surface area contributed by atoms with Crippen molar-refractivity contribution in [3.8, 4) is 0 Å². The van der Waals surface area contributed by atoms with Crippen molar-refractivity contribution in [2.45, 2.75) is 19.4 Å². The first kappa shape index (κ1) is 12.0. The zero-order chi connectivity index (χ0) is 13.5. The van der Waals surface area contributed by atoms with Crippen molar-refractivity contribution in [3.05, 3.63) is 71.7 Å². The van der Waals surface area contributed by atoms with Crippen LogP contribution in [0.3, 0.4) is 0 Å². The van der Waals surface area contributed by atoms with Gasteiger partial charge in [-0.1, -0.05) is 36.4 Å². The lowest BCUT2D eigenvalue weighted by atomic mass is 9.91. The molecule has 0 aliphatic rings. The molecule has 0 radical (unpaired) electrons. The zero-order valence-electron chi connectivity index (χ0n) is 11.1. The fraction of sp³-hybridized carbons (Fsp3) is 0.176. The van der Waals surface area contributed by atoms with Crippen molar-refractivity contribution in [3.63, 3.8) is 0 Å². The molecular formula is C17H16O2. The van der Waals surface area contributed by atoms with Gasteiger partial charge in [0, 0.05) is 0 Å². The van der Waals surface area contributed by atoms with E-state index >= 15 is 0 Å². The first-order valence-corrected chi connectivity index (χ1v) is 6.36. The Bertz CT molecular complexity index is 723. The van der Waals surface area contributed by atoms with Gasteiger partial charge in [-0.2, -0.15) is 0 Å². The van der Waals surface area contributed by atoms with Gasteiger partial charge in [-0.05, 0) is 48.4 Å². The lowest BCUT2D eigenvalue weighted by Crippen LogP contribution is -2.21. The Morgan fingerprint density at radius 1 is 0.947 bits per heavy atom. The quantitative estimate of drug-likeness (QED) is 0.748. The van der Waals surface area contributed by atoms with Gasteiger partial charge < -0.3 is 9.52 Å². The van der Waals surface area contributed by atoms with Crippen LogP contribution in [-0.2, 0) is 5.60 Å². The first-order chi connectivity index (χ1) is 9.07. The molecule has 0 saturated heterocycles. The first-order valence-electron chi connectivity index (χ1n) is 6.36. The Morgan fingerprint density at radius 2 is 1.68 bits per heavy atom. The van der Waals surface area contributed by atoms with Gasteiger partial charge >= 0.3 is 0 Å². The molecule has 0 fully saturated rings. The number of benzene rings is 2. The maximum Gasteiger partial charge on any atom is 0.144 e. The van der Waals surface area contributed by atoms with E-state index < -0.39 is 5.60 Å². The van der Waals surface area contributed by atoms with E-state index in [4.69, 9.17) is 4.42 Å². The third-order valence-corrected chi connectivity index (χ3v) is 3.53. The van der Waals surface area contributed by atoms with E-state index in [1.54, 1.807) is 6.92 Å². The van der Waals surface area contributed by atoms with Crippen molar-refractivity contribution < 1.29 is 9.52 Å². The lowest BCUT2D eigenvalue weighted by molar-refractivity contribution is 0.0759. The molecule has 1 heterocycles. The van der Waals surface area contributed by atoms with Crippen LogP contribution in [0.25, 0.3) is 10.8 Å². The molecular weight excluding hydrogens is 236 g/mol. The molecule has 1 atom stereocenters. The fourth-order valence-electron chi connectivity index (χ4n) is 2.33.